The van der Waals surface area contributed by atoms with Crippen LogP contribution in [-0.2, 0) is 6.54 Å². The third-order valence-electron chi connectivity index (χ3n) is 3.09. The van der Waals surface area contributed by atoms with Crippen LogP contribution in [-0.4, -0.2) is 19.9 Å². The molecule has 1 unspecified atom stereocenters. The van der Waals surface area contributed by atoms with Gasteiger partial charge in [-0.3, -0.25) is 9.67 Å². The number of aliphatic hydroxyl groups is 1. The first kappa shape index (κ1) is 14.2. The molecule has 2 aromatic rings. The van der Waals surface area contributed by atoms with Crippen LogP contribution in [0.5, 0.6) is 0 Å². The fourth-order valence-electron chi connectivity index (χ4n) is 2.17. The highest BCUT2D eigenvalue weighted by molar-refractivity contribution is 9.10. The SMILES string of the molecule is CCCn1ncc(Br)c1C(O)c1ccc(C)nc1C. The lowest BCUT2D eigenvalue weighted by molar-refractivity contribution is 0.205. The Kier molecular flexibility index (Phi) is 4.37. The number of hydrogen-bond acceptors (Lipinski definition) is 3. The fraction of sp³-hybridized carbons (Fsp3) is 0.429. The summed E-state index contributed by atoms with van der Waals surface area (Å²) >= 11 is 3.46. The smallest absolute Gasteiger partial charge is 0.124 e. The summed E-state index contributed by atoms with van der Waals surface area (Å²) in [5.41, 5.74) is 3.41. The zero-order chi connectivity index (χ0) is 14.0. The second-order valence-electron chi connectivity index (χ2n) is 4.63. The van der Waals surface area contributed by atoms with Gasteiger partial charge in [0.2, 0.25) is 0 Å². The van der Waals surface area contributed by atoms with E-state index in [2.05, 4.69) is 32.9 Å². The van der Waals surface area contributed by atoms with Crippen molar-refractivity contribution in [3.05, 3.63) is 45.4 Å². The first-order chi connectivity index (χ1) is 9.04. The van der Waals surface area contributed by atoms with E-state index >= 15 is 0 Å². The second kappa shape index (κ2) is 5.84. The lowest BCUT2D eigenvalue weighted by atomic mass is 10.0. The quantitative estimate of drug-likeness (QED) is 0.940. The van der Waals surface area contributed by atoms with Crippen LogP contribution < -0.4 is 0 Å². The molecule has 1 atom stereocenters. The Hall–Kier alpha value is -1.20. The largest absolute Gasteiger partial charge is 0.382 e. The van der Waals surface area contributed by atoms with E-state index in [1.165, 1.54) is 0 Å². The van der Waals surface area contributed by atoms with Crippen molar-refractivity contribution < 1.29 is 5.11 Å². The summed E-state index contributed by atoms with van der Waals surface area (Å²) in [5.74, 6) is 0. The molecule has 0 saturated carbocycles. The molecule has 2 heterocycles. The van der Waals surface area contributed by atoms with E-state index in [1.807, 2.05) is 30.7 Å². The molecule has 2 rings (SSSR count). The van der Waals surface area contributed by atoms with E-state index in [0.29, 0.717) is 0 Å². The number of rotatable bonds is 4. The van der Waals surface area contributed by atoms with Crippen molar-refractivity contribution in [3.63, 3.8) is 0 Å². The molecule has 1 N–H and O–H groups in total. The summed E-state index contributed by atoms with van der Waals surface area (Å²) in [6, 6.07) is 3.85. The summed E-state index contributed by atoms with van der Waals surface area (Å²) in [6.07, 6.45) is 1.99. The van der Waals surface area contributed by atoms with Crippen LogP contribution in [0.25, 0.3) is 0 Å². The number of nitrogens with zero attached hydrogens (tertiary/aromatic N) is 3. The summed E-state index contributed by atoms with van der Waals surface area (Å²) in [5, 5.41) is 14.9. The molecule has 0 aliphatic carbocycles. The molecule has 4 nitrogen and oxygen atoms in total. The van der Waals surface area contributed by atoms with Gasteiger partial charge in [0.15, 0.2) is 0 Å². The van der Waals surface area contributed by atoms with Crippen LogP contribution in [0, 0.1) is 13.8 Å². The average Bonchev–Trinajstić information content (AvgIpc) is 2.70. The lowest BCUT2D eigenvalue weighted by Crippen LogP contribution is -2.12. The van der Waals surface area contributed by atoms with Crippen molar-refractivity contribution in [2.75, 3.05) is 0 Å². The lowest BCUT2D eigenvalue weighted by Gasteiger charge is -2.16. The van der Waals surface area contributed by atoms with Gasteiger partial charge in [0.05, 0.1) is 16.4 Å². The number of pyridine rings is 1. The summed E-state index contributed by atoms with van der Waals surface area (Å²) < 4.78 is 2.67. The minimum Gasteiger partial charge on any atom is -0.382 e. The first-order valence-electron chi connectivity index (χ1n) is 6.38. The zero-order valence-electron chi connectivity index (χ0n) is 11.4. The van der Waals surface area contributed by atoms with Crippen LogP contribution in [0.4, 0.5) is 0 Å². The van der Waals surface area contributed by atoms with Crippen molar-refractivity contribution in [2.45, 2.75) is 39.8 Å². The van der Waals surface area contributed by atoms with Gasteiger partial charge in [-0.05, 0) is 42.3 Å². The molecule has 0 radical (unpaired) electrons. The number of aliphatic hydroxyl groups excluding tert-OH is 1. The second-order valence-corrected chi connectivity index (χ2v) is 5.49. The predicted octanol–water partition coefficient (Wildman–Crippen LogP) is 3.15. The van der Waals surface area contributed by atoms with Crippen LogP contribution in [0.2, 0.25) is 0 Å². The molecule has 2 aromatic heterocycles. The third-order valence-corrected chi connectivity index (χ3v) is 3.70. The van der Waals surface area contributed by atoms with Crippen LogP contribution in [0.15, 0.2) is 22.8 Å². The molecule has 0 bridgehead atoms. The van der Waals surface area contributed by atoms with Gasteiger partial charge in [0.25, 0.3) is 0 Å². The molecule has 5 heteroatoms. The van der Waals surface area contributed by atoms with E-state index in [9.17, 15) is 5.11 Å². The topological polar surface area (TPSA) is 50.9 Å². The van der Waals surface area contributed by atoms with E-state index < -0.39 is 6.10 Å². The van der Waals surface area contributed by atoms with E-state index in [1.54, 1.807) is 6.20 Å². The standard InChI is InChI=1S/C14H18BrN3O/c1-4-7-18-13(12(15)8-16-18)14(19)11-6-5-9(2)17-10(11)3/h5-6,8,14,19H,4,7H2,1-3H3. The fourth-order valence-corrected chi connectivity index (χ4v) is 2.68. The van der Waals surface area contributed by atoms with Crippen molar-refractivity contribution in [2.24, 2.45) is 0 Å². The molecule has 0 saturated heterocycles. The van der Waals surface area contributed by atoms with Gasteiger partial charge < -0.3 is 5.11 Å². The maximum atomic E-state index is 10.6. The predicted molar refractivity (Wildman–Crippen MR) is 78.0 cm³/mol. The Bertz CT molecular complexity index is 580. The van der Waals surface area contributed by atoms with Crippen molar-refractivity contribution in [1.29, 1.82) is 0 Å². The molecular weight excluding hydrogens is 306 g/mol. The van der Waals surface area contributed by atoms with Crippen LogP contribution >= 0.6 is 15.9 Å². The first-order valence-corrected chi connectivity index (χ1v) is 7.17. The van der Waals surface area contributed by atoms with Crippen molar-refractivity contribution in [1.82, 2.24) is 14.8 Å². The minimum absolute atomic E-state index is 0.712. The monoisotopic (exact) mass is 323 g/mol. The maximum Gasteiger partial charge on any atom is 0.124 e. The Morgan fingerprint density at radius 3 is 2.74 bits per heavy atom. The average molecular weight is 324 g/mol. The minimum atomic E-state index is -0.712. The Labute approximate surface area is 121 Å². The van der Waals surface area contributed by atoms with Gasteiger partial charge in [0, 0.05) is 23.5 Å². The molecule has 102 valence electrons. The highest BCUT2D eigenvalue weighted by atomic mass is 79.9. The molecule has 0 aliphatic heterocycles. The van der Waals surface area contributed by atoms with E-state index in [4.69, 9.17) is 0 Å². The Morgan fingerprint density at radius 1 is 1.37 bits per heavy atom. The molecular formula is C14H18BrN3O. The van der Waals surface area contributed by atoms with Crippen molar-refractivity contribution >= 4 is 15.9 Å². The van der Waals surface area contributed by atoms with Gasteiger partial charge in [-0.1, -0.05) is 13.0 Å². The van der Waals surface area contributed by atoms with Gasteiger partial charge in [0.1, 0.15) is 6.10 Å². The molecule has 0 amide bonds. The Morgan fingerprint density at radius 2 is 2.11 bits per heavy atom. The molecule has 0 fully saturated rings. The van der Waals surface area contributed by atoms with Gasteiger partial charge in [-0.2, -0.15) is 5.10 Å². The van der Waals surface area contributed by atoms with Crippen LogP contribution in [0.3, 0.4) is 0 Å². The number of aromatic nitrogens is 3. The molecule has 0 aliphatic rings. The van der Waals surface area contributed by atoms with Gasteiger partial charge in [-0.25, -0.2) is 0 Å². The summed E-state index contributed by atoms with van der Waals surface area (Å²) in [7, 11) is 0. The number of aryl methyl sites for hydroxylation is 3. The van der Waals surface area contributed by atoms with Crippen LogP contribution in [0.1, 0.15) is 42.1 Å². The highest BCUT2D eigenvalue weighted by Gasteiger charge is 2.21. The summed E-state index contributed by atoms with van der Waals surface area (Å²) in [4.78, 5) is 4.40. The van der Waals surface area contributed by atoms with Crippen molar-refractivity contribution in [3.8, 4) is 0 Å². The number of halogens is 1. The number of hydrogen-bond donors (Lipinski definition) is 1. The highest BCUT2D eigenvalue weighted by Crippen LogP contribution is 2.29. The summed E-state index contributed by atoms with van der Waals surface area (Å²) in [6.45, 7) is 6.74. The maximum absolute atomic E-state index is 10.6. The molecule has 19 heavy (non-hydrogen) atoms. The van der Waals surface area contributed by atoms with E-state index in [-0.39, 0.29) is 0 Å². The third kappa shape index (κ3) is 2.87. The Balaban J connectivity index is 2.43. The van der Waals surface area contributed by atoms with E-state index in [0.717, 1.165) is 40.1 Å². The normalized spacial score (nSPS) is 12.7. The van der Waals surface area contributed by atoms with Gasteiger partial charge >= 0.3 is 0 Å². The molecule has 0 spiro atoms. The van der Waals surface area contributed by atoms with Gasteiger partial charge in [-0.15, -0.1) is 0 Å². The zero-order valence-corrected chi connectivity index (χ0v) is 13.0. The molecule has 0 aromatic carbocycles.